The van der Waals surface area contributed by atoms with E-state index >= 15 is 0 Å². The molecule has 1 heterocycles. The Kier molecular flexibility index (Phi) is 6.13. The fraction of sp³-hybridized carbons (Fsp3) is 0.286. The average molecular weight is 357 g/mol. The smallest absolute Gasteiger partial charge is 0.387 e. The molecule has 0 saturated carbocycles. The van der Waals surface area contributed by atoms with E-state index in [1.807, 2.05) is 0 Å². The molecule has 24 heavy (non-hydrogen) atoms. The number of rotatable bonds is 7. The number of para-hydroxylation sites is 2. The first kappa shape index (κ1) is 17.7. The van der Waals surface area contributed by atoms with Crippen molar-refractivity contribution < 1.29 is 27.8 Å². The molecule has 0 aliphatic rings. The number of nitrogens with zero attached hydrogens (tertiary/aromatic N) is 2. The summed E-state index contributed by atoms with van der Waals surface area (Å²) in [6.45, 7) is -1.80. The van der Waals surface area contributed by atoms with Crippen molar-refractivity contribution in [1.29, 1.82) is 0 Å². The molecular formula is C14H13F2N3O4S. The number of ether oxygens (including phenoxy) is 2. The largest absolute Gasteiger partial charge is 0.451 e. The monoisotopic (exact) mass is 357 g/mol. The van der Waals surface area contributed by atoms with Gasteiger partial charge in [0.15, 0.2) is 11.5 Å². The van der Waals surface area contributed by atoms with Crippen molar-refractivity contribution in [2.24, 2.45) is 0 Å². The lowest BCUT2D eigenvalue weighted by Crippen LogP contribution is -2.21. The number of anilines is 1. The Balaban J connectivity index is 1.93. The zero-order valence-electron chi connectivity index (χ0n) is 12.5. The maximum atomic E-state index is 12.3. The molecule has 0 fully saturated rings. The number of carbonyl (C=O) groups excluding carboxylic acids is 2. The molecule has 1 N–H and O–H groups in total. The van der Waals surface area contributed by atoms with Gasteiger partial charge in [-0.15, -0.1) is 5.10 Å². The molecule has 0 spiro atoms. The minimum atomic E-state index is -3.02. The number of hydrogen-bond donors (Lipinski definition) is 1. The Morgan fingerprint density at radius 1 is 1.33 bits per heavy atom. The molecule has 7 nitrogen and oxygen atoms in total. The van der Waals surface area contributed by atoms with E-state index < -0.39 is 25.1 Å². The number of hydrogen-bond acceptors (Lipinski definition) is 7. The van der Waals surface area contributed by atoms with Gasteiger partial charge in [0.05, 0.1) is 11.4 Å². The molecule has 0 unspecified atom stereocenters. The van der Waals surface area contributed by atoms with Gasteiger partial charge in [-0.3, -0.25) is 4.79 Å². The predicted molar refractivity (Wildman–Crippen MR) is 81.3 cm³/mol. The first-order valence-corrected chi connectivity index (χ1v) is 7.60. The Morgan fingerprint density at radius 2 is 2.08 bits per heavy atom. The zero-order valence-corrected chi connectivity index (χ0v) is 13.3. The highest BCUT2D eigenvalue weighted by Gasteiger charge is 2.18. The van der Waals surface area contributed by atoms with Crippen LogP contribution in [0.1, 0.15) is 22.3 Å². The highest BCUT2D eigenvalue weighted by molar-refractivity contribution is 7.07. The molecule has 128 valence electrons. The lowest BCUT2D eigenvalue weighted by atomic mass is 10.3. The zero-order chi connectivity index (χ0) is 17.5. The first-order valence-electron chi connectivity index (χ1n) is 6.83. The minimum Gasteiger partial charge on any atom is -0.451 e. The van der Waals surface area contributed by atoms with E-state index in [4.69, 9.17) is 4.74 Å². The van der Waals surface area contributed by atoms with E-state index in [-0.39, 0.29) is 16.3 Å². The van der Waals surface area contributed by atoms with Crippen molar-refractivity contribution in [2.45, 2.75) is 20.0 Å². The summed E-state index contributed by atoms with van der Waals surface area (Å²) in [6, 6.07) is 5.69. The summed E-state index contributed by atoms with van der Waals surface area (Å²) >= 11 is 0.876. The van der Waals surface area contributed by atoms with Gasteiger partial charge in [-0.25, -0.2) is 4.79 Å². The van der Waals surface area contributed by atoms with Crippen molar-refractivity contribution >= 4 is 29.1 Å². The maximum Gasteiger partial charge on any atom is 0.387 e. The third kappa shape index (κ3) is 4.69. The molecule has 0 saturated heterocycles. The lowest BCUT2D eigenvalue weighted by Gasteiger charge is -2.11. The van der Waals surface area contributed by atoms with Gasteiger partial charge >= 0.3 is 12.6 Å². The van der Waals surface area contributed by atoms with E-state index in [0.29, 0.717) is 12.1 Å². The molecule has 0 bridgehead atoms. The van der Waals surface area contributed by atoms with Crippen molar-refractivity contribution in [3.63, 3.8) is 0 Å². The standard InChI is InChI=1S/C14H13F2N3O4S/c1-2-8-12(24-19-18-8)13(21)22-7-11(20)17-9-5-3-4-6-10(9)23-14(15)16/h3-6,14H,2,7H2,1H3,(H,17,20). The number of carbonyl (C=O) groups is 2. The SMILES string of the molecule is CCc1nnsc1C(=O)OCC(=O)Nc1ccccc1OC(F)F. The Morgan fingerprint density at radius 3 is 2.79 bits per heavy atom. The summed E-state index contributed by atoms with van der Waals surface area (Å²) in [4.78, 5) is 23.9. The normalized spacial score (nSPS) is 10.5. The molecule has 0 radical (unpaired) electrons. The third-order valence-corrected chi connectivity index (χ3v) is 3.54. The van der Waals surface area contributed by atoms with Crippen LogP contribution in [0, 0.1) is 0 Å². The van der Waals surface area contributed by atoms with Crippen molar-refractivity contribution in [2.75, 3.05) is 11.9 Å². The Labute approximate surface area is 139 Å². The van der Waals surface area contributed by atoms with E-state index in [1.165, 1.54) is 24.3 Å². The van der Waals surface area contributed by atoms with Crippen LogP contribution in [0.3, 0.4) is 0 Å². The van der Waals surface area contributed by atoms with Crippen LogP contribution in [0.5, 0.6) is 5.75 Å². The van der Waals surface area contributed by atoms with Gasteiger partial charge in [0.25, 0.3) is 5.91 Å². The van der Waals surface area contributed by atoms with Crippen LogP contribution in [0.4, 0.5) is 14.5 Å². The first-order chi connectivity index (χ1) is 11.5. The fourth-order valence-electron chi connectivity index (χ4n) is 1.75. The Bertz CT molecular complexity index is 724. The number of aryl methyl sites for hydroxylation is 1. The maximum absolute atomic E-state index is 12.3. The number of benzene rings is 1. The van der Waals surface area contributed by atoms with Gasteiger partial charge in [-0.2, -0.15) is 8.78 Å². The molecule has 10 heteroatoms. The minimum absolute atomic E-state index is 0.0487. The average Bonchev–Trinajstić information content (AvgIpc) is 3.02. The summed E-state index contributed by atoms with van der Waals surface area (Å²) in [5.74, 6) is -1.59. The van der Waals surface area contributed by atoms with Gasteiger partial charge in [0.2, 0.25) is 0 Å². The van der Waals surface area contributed by atoms with Gasteiger partial charge in [0.1, 0.15) is 5.75 Å². The number of nitrogens with one attached hydrogen (secondary N) is 1. The highest BCUT2D eigenvalue weighted by Crippen LogP contribution is 2.25. The van der Waals surface area contributed by atoms with E-state index in [1.54, 1.807) is 6.92 Å². The molecule has 2 rings (SSSR count). The van der Waals surface area contributed by atoms with E-state index in [0.717, 1.165) is 11.5 Å². The summed E-state index contributed by atoms with van der Waals surface area (Å²) < 4.78 is 37.4. The third-order valence-electron chi connectivity index (χ3n) is 2.79. The van der Waals surface area contributed by atoms with Crippen LogP contribution in [0.25, 0.3) is 0 Å². The second-order valence-corrected chi connectivity index (χ2v) is 5.16. The number of esters is 1. The molecule has 1 aromatic heterocycles. The van der Waals surface area contributed by atoms with Gasteiger partial charge in [-0.1, -0.05) is 23.5 Å². The summed E-state index contributed by atoms with van der Waals surface area (Å²) in [6.07, 6.45) is 0.505. The lowest BCUT2D eigenvalue weighted by molar-refractivity contribution is -0.119. The summed E-state index contributed by atoms with van der Waals surface area (Å²) in [5, 5.41) is 6.11. The van der Waals surface area contributed by atoms with Crippen molar-refractivity contribution in [3.8, 4) is 5.75 Å². The molecule has 1 aromatic carbocycles. The molecule has 1 amide bonds. The van der Waals surface area contributed by atoms with Gasteiger partial charge < -0.3 is 14.8 Å². The Hall–Kier alpha value is -2.62. The molecule has 0 aliphatic heterocycles. The van der Waals surface area contributed by atoms with Crippen LogP contribution in [0.15, 0.2) is 24.3 Å². The second-order valence-electron chi connectivity index (χ2n) is 4.40. The van der Waals surface area contributed by atoms with Crippen LogP contribution in [-0.4, -0.2) is 34.7 Å². The van der Waals surface area contributed by atoms with Crippen LogP contribution < -0.4 is 10.1 Å². The van der Waals surface area contributed by atoms with Crippen LogP contribution in [-0.2, 0) is 16.0 Å². The second kappa shape index (κ2) is 8.29. The number of alkyl halides is 2. The molecule has 2 aromatic rings. The molecule has 0 aliphatic carbocycles. The predicted octanol–water partition coefficient (Wildman–Crippen LogP) is 2.50. The van der Waals surface area contributed by atoms with Crippen molar-refractivity contribution in [1.82, 2.24) is 9.59 Å². The van der Waals surface area contributed by atoms with Gasteiger partial charge in [0, 0.05) is 0 Å². The number of halogens is 2. The van der Waals surface area contributed by atoms with Crippen molar-refractivity contribution in [3.05, 3.63) is 34.8 Å². The summed E-state index contributed by atoms with van der Waals surface area (Å²) in [5.41, 5.74) is 0.536. The quantitative estimate of drug-likeness (QED) is 0.766. The summed E-state index contributed by atoms with van der Waals surface area (Å²) in [7, 11) is 0. The highest BCUT2D eigenvalue weighted by atomic mass is 32.1. The molecule has 0 atom stereocenters. The topological polar surface area (TPSA) is 90.4 Å². The van der Waals surface area contributed by atoms with Gasteiger partial charge in [-0.05, 0) is 30.1 Å². The van der Waals surface area contributed by atoms with E-state index in [2.05, 4.69) is 19.6 Å². The van der Waals surface area contributed by atoms with Crippen LogP contribution in [0.2, 0.25) is 0 Å². The van der Waals surface area contributed by atoms with Crippen LogP contribution >= 0.6 is 11.5 Å². The molecular weight excluding hydrogens is 344 g/mol. The van der Waals surface area contributed by atoms with E-state index in [9.17, 15) is 18.4 Å². The fourth-order valence-corrected chi connectivity index (χ4v) is 2.39. The number of aromatic nitrogens is 2. The number of amides is 1.